The largest absolute Gasteiger partial charge is 0.497 e. The highest BCUT2D eigenvalue weighted by molar-refractivity contribution is 6.91. The van der Waals surface area contributed by atoms with Crippen LogP contribution in [0, 0.1) is 5.92 Å². The Morgan fingerprint density at radius 3 is 2.35 bits per heavy atom. The van der Waals surface area contributed by atoms with E-state index in [1.165, 1.54) is 0 Å². The molecule has 0 aromatic heterocycles. The molecule has 68 heavy (non-hydrogen) atoms. The Hall–Kier alpha value is -5.54. The van der Waals surface area contributed by atoms with Crippen LogP contribution in [0.3, 0.4) is 0 Å². The summed E-state index contributed by atoms with van der Waals surface area (Å²) in [6.07, 6.45) is 1.22. The van der Waals surface area contributed by atoms with Gasteiger partial charge in [0, 0.05) is 41.9 Å². The average Bonchev–Trinajstić information content (AvgIpc) is 3.76. The van der Waals surface area contributed by atoms with Crippen molar-refractivity contribution in [2.45, 2.75) is 89.0 Å². The van der Waals surface area contributed by atoms with Crippen molar-refractivity contribution in [1.82, 2.24) is 10.2 Å². The van der Waals surface area contributed by atoms with Gasteiger partial charge in [0.25, 0.3) is 5.91 Å². The van der Waals surface area contributed by atoms with Gasteiger partial charge in [-0.25, -0.2) is 0 Å². The number of rotatable bonds is 19. The molecule has 3 aliphatic rings. The molecule has 3 amide bonds. The van der Waals surface area contributed by atoms with E-state index in [1.54, 1.807) is 27.9 Å². The summed E-state index contributed by atoms with van der Waals surface area (Å²) in [5.74, 6) is 0.578. The number of aliphatic hydroxyl groups is 2. The third kappa shape index (κ3) is 9.57. The van der Waals surface area contributed by atoms with Crippen molar-refractivity contribution in [3.8, 4) is 11.5 Å². The van der Waals surface area contributed by atoms with Gasteiger partial charge < -0.3 is 39.5 Å². The zero-order chi connectivity index (χ0) is 48.2. The number of methoxy groups -OCH3 is 1. The van der Waals surface area contributed by atoms with Crippen molar-refractivity contribution < 1.29 is 38.8 Å². The first-order valence-corrected chi connectivity index (χ1v) is 27.2. The lowest BCUT2D eigenvalue weighted by molar-refractivity contribution is -0.150. The minimum atomic E-state index is -2.61. The average molecular weight is 960 g/mol. The molecule has 1 unspecified atom stereocenters. The van der Waals surface area contributed by atoms with Gasteiger partial charge in [0.2, 0.25) is 11.8 Å². The summed E-state index contributed by atoms with van der Waals surface area (Å²) in [4.78, 5) is 49.9. The second kappa shape index (κ2) is 21.0. The van der Waals surface area contributed by atoms with E-state index in [4.69, 9.17) is 25.8 Å². The molecule has 5 aromatic rings. The molecule has 5 atom stereocenters. The topological polar surface area (TPSA) is 141 Å². The van der Waals surface area contributed by atoms with E-state index in [2.05, 4.69) is 37.5 Å². The predicted octanol–water partition coefficient (Wildman–Crippen LogP) is 7.87. The molecule has 12 nitrogen and oxygen atoms in total. The maximum atomic E-state index is 15.7. The van der Waals surface area contributed by atoms with Crippen LogP contribution in [0.1, 0.15) is 55.4 Å². The molecular weight excluding hydrogens is 896 g/mol. The molecule has 0 bridgehead atoms. The molecule has 3 heterocycles. The Balaban J connectivity index is 1.15. The number of amides is 3. The highest BCUT2D eigenvalue weighted by atomic mass is 35.5. The van der Waals surface area contributed by atoms with Gasteiger partial charge in [-0.15, -0.1) is 0 Å². The standard InChI is InChI=1S/C54H63ClN4O8Si/c1-6-66-43-20-24-47-39(30-43)31-46(56-25-10-11-27-60)52(63)59(47)41-16-12-15-38(29-41)35-58-48-23-17-40(55)32-45(48)54(53(58)64)36(2)51(68(4,5)44-21-18-42(65-3)19-22-44)49(67-54)33-50(62)57(26-28-61)34-37-13-8-7-9-14-37/h7-9,12-24,29-30,32,36,46,49,51,56,60-61H,6,10-11,25-28,31,33-35H2,1-5H3/t36-,46?,49+,51-,54+/m0/s1. The van der Waals surface area contributed by atoms with E-state index < -0.39 is 31.7 Å². The highest BCUT2D eigenvalue weighted by Crippen LogP contribution is 2.60. The Kier molecular flexibility index (Phi) is 15.1. The molecule has 3 aliphatic heterocycles. The summed E-state index contributed by atoms with van der Waals surface area (Å²) in [5.41, 5.74) is 3.79. The quantitative estimate of drug-likeness (QED) is 0.0557. The SMILES string of the molecule is CCOc1ccc2c(c1)CC(NCCCCO)C(=O)N2c1cccc(CN2C(=O)[C@]3(O[C@H](CC(=O)N(CCO)Cc4ccccc4)[C@@H]([Si](C)(C)c4ccc(OC)cc4)[C@@H]3C)c3cc(Cl)ccc32)c1. The maximum absolute atomic E-state index is 15.7. The number of aliphatic hydroxyl groups excluding tert-OH is 2. The van der Waals surface area contributed by atoms with Crippen molar-refractivity contribution in [3.05, 3.63) is 143 Å². The number of unbranched alkanes of at least 4 members (excludes halogenated alkanes) is 1. The molecule has 1 fully saturated rings. The first-order valence-electron chi connectivity index (χ1n) is 23.7. The molecule has 0 aliphatic carbocycles. The van der Waals surface area contributed by atoms with E-state index in [-0.39, 0.29) is 56.0 Å². The summed E-state index contributed by atoms with van der Waals surface area (Å²) in [5, 5.41) is 24.6. The summed E-state index contributed by atoms with van der Waals surface area (Å²) < 4.78 is 18.7. The van der Waals surface area contributed by atoms with Gasteiger partial charge in [0.05, 0.1) is 64.9 Å². The monoisotopic (exact) mass is 958 g/mol. The number of ether oxygens (including phenoxy) is 3. The summed E-state index contributed by atoms with van der Waals surface area (Å²) in [6.45, 7) is 10.2. The highest BCUT2D eigenvalue weighted by Gasteiger charge is 2.66. The number of hydrogen-bond acceptors (Lipinski definition) is 9. The zero-order valence-electron chi connectivity index (χ0n) is 39.6. The van der Waals surface area contributed by atoms with E-state index in [0.717, 1.165) is 45.5 Å². The molecule has 1 spiro atoms. The van der Waals surface area contributed by atoms with Crippen LogP contribution in [-0.4, -0.2) is 93.1 Å². The Labute approximate surface area is 405 Å². The first-order chi connectivity index (χ1) is 32.8. The van der Waals surface area contributed by atoms with Gasteiger partial charge in [-0.05, 0) is 116 Å². The van der Waals surface area contributed by atoms with E-state index in [1.807, 2.05) is 104 Å². The van der Waals surface area contributed by atoms with E-state index in [9.17, 15) is 19.8 Å². The second-order valence-corrected chi connectivity index (χ2v) is 23.8. The smallest absolute Gasteiger partial charge is 0.264 e. The van der Waals surface area contributed by atoms with Crippen LogP contribution >= 0.6 is 11.6 Å². The van der Waals surface area contributed by atoms with E-state index in [0.29, 0.717) is 54.5 Å². The molecule has 358 valence electrons. The molecule has 5 aromatic carbocycles. The van der Waals surface area contributed by atoms with Crippen LogP contribution in [-0.2, 0) is 44.2 Å². The lowest BCUT2D eigenvalue weighted by atomic mass is 9.82. The van der Waals surface area contributed by atoms with Crippen LogP contribution in [0.2, 0.25) is 23.7 Å². The van der Waals surface area contributed by atoms with Crippen molar-refractivity contribution in [2.75, 3.05) is 49.8 Å². The fourth-order valence-electron chi connectivity index (χ4n) is 10.9. The molecule has 14 heteroatoms. The number of carbonyl (C=O) groups is 3. The normalized spacial score (nSPS) is 21.0. The Bertz CT molecular complexity index is 2600. The van der Waals surface area contributed by atoms with Gasteiger partial charge in [0.1, 0.15) is 11.5 Å². The van der Waals surface area contributed by atoms with Crippen LogP contribution in [0.25, 0.3) is 0 Å². The lowest BCUT2D eigenvalue weighted by Gasteiger charge is -2.37. The first kappa shape index (κ1) is 48.9. The van der Waals surface area contributed by atoms with Gasteiger partial charge in [-0.1, -0.05) is 91.4 Å². The third-order valence-corrected chi connectivity index (χ3v) is 18.7. The number of fused-ring (bicyclic) bond motifs is 3. The number of nitrogens with one attached hydrogen (secondary N) is 1. The molecule has 3 N–H and O–H groups in total. The number of hydrogen-bond donors (Lipinski definition) is 3. The maximum Gasteiger partial charge on any atom is 0.264 e. The summed E-state index contributed by atoms with van der Waals surface area (Å²) >= 11 is 6.83. The molecule has 1 saturated heterocycles. The Morgan fingerprint density at radius 2 is 1.63 bits per heavy atom. The number of benzene rings is 5. The van der Waals surface area contributed by atoms with Crippen molar-refractivity contribution >= 4 is 59.6 Å². The van der Waals surface area contributed by atoms with Crippen molar-refractivity contribution in [3.63, 3.8) is 0 Å². The fourth-order valence-corrected chi connectivity index (χ4v) is 15.0. The second-order valence-electron chi connectivity index (χ2n) is 18.6. The molecule has 8 rings (SSSR count). The zero-order valence-corrected chi connectivity index (χ0v) is 41.4. The van der Waals surface area contributed by atoms with Gasteiger partial charge in [0.15, 0.2) is 5.60 Å². The Morgan fingerprint density at radius 1 is 0.897 bits per heavy atom. The lowest BCUT2D eigenvalue weighted by Crippen LogP contribution is -2.52. The van der Waals surface area contributed by atoms with Gasteiger partial charge in [-0.3, -0.25) is 19.3 Å². The van der Waals surface area contributed by atoms with Crippen LogP contribution in [0.15, 0.2) is 115 Å². The van der Waals surface area contributed by atoms with E-state index >= 15 is 4.79 Å². The number of carbonyl (C=O) groups excluding carboxylic acids is 3. The number of nitrogens with zero attached hydrogens (tertiary/aromatic N) is 3. The van der Waals surface area contributed by atoms with Crippen molar-refractivity contribution in [2.24, 2.45) is 5.92 Å². The third-order valence-electron chi connectivity index (χ3n) is 14.1. The molecule has 0 saturated carbocycles. The van der Waals surface area contributed by atoms with Crippen LogP contribution < -0.4 is 29.8 Å². The summed E-state index contributed by atoms with van der Waals surface area (Å²) in [7, 11) is -0.972. The van der Waals surface area contributed by atoms with Gasteiger partial charge in [-0.2, -0.15) is 0 Å². The minimum absolute atomic E-state index is 0.0100. The fraction of sp³-hybridized carbons (Fsp3) is 0.389. The minimum Gasteiger partial charge on any atom is -0.497 e. The van der Waals surface area contributed by atoms with Crippen LogP contribution in [0.5, 0.6) is 11.5 Å². The van der Waals surface area contributed by atoms with Gasteiger partial charge >= 0.3 is 0 Å². The molecule has 0 radical (unpaired) electrons. The number of anilines is 3. The van der Waals surface area contributed by atoms with Crippen molar-refractivity contribution in [1.29, 1.82) is 0 Å². The summed E-state index contributed by atoms with van der Waals surface area (Å²) in [6, 6.07) is 36.4. The van der Waals surface area contributed by atoms with Crippen LogP contribution in [0.4, 0.5) is 17.1 Å². The molecular formula is C54H63ClN4O8Si. The number of halogens is 1. The predicted molar refractivity (Wildman–Crippen MR) is 269 cm³/mol.